The third-order valence-electron chi connectivity index (χ3n) is 1.82. The summed E-state index contributed by atoms with van der Waals surface area (Å²) in [6.45, 7) is 4.63. The third kappa shape index (κ3) is 1.45. The van der Waals surface area contributed by atoms with E-state index in [9.17, 15) is 4.79 Å². The number of hydrogen-bond acceptors (Lipinski definition) is 3. The molecule has 11 heavy (non-hydrogen) atoms. The Kier molecular flexibility index (Phi) is 2.03. The monoisotopic (exact) mass is 157 g/mol. The van der Waals surface area contributed by atoms with Crippen molar-refractivity contribution in [2.24, 2.45) is 5.92 Å². The molecule has 1 aliphatic rings. The van der Waals surface area contributed by atoms with Crippen molar-refractivity contribution in [2.45, 2.75) is 0 Å². The second kappa shape index (κ2) is 2.82. The van der Waals surface area contributed by atoms with Gasteiger partial charge in [-0.15, -0.1) is 0 Å². The summed E-state index contributed by atoms with van der Waals surface area (Å²) >= 11 is 0. The molecule has 0 atom stereocenters. The number of aliphatic carboxylic acids is 1. The molecule has 0 aromatic heterocycles. The number of methoxy groups -OCH3 is 1. The molecule has 1 heterocycles. The second-order valence-corrected chi connectivity index (χ2v) is 2.54. The van der Waals surface area contributed by atoms with E-state index in [0.717, 1.165) is 0 Å². The number of nitrogens with zero attached hydrogens (tertiary/aromatic N) is 1. The number of carbonyl (C=O) groups is 1. The molecule has 0 spiro atoms. The van der Waals surface area contributed by atoms with E-state index in [2.05, 4.69) is 6.58 Å². The lowest BCUT2D eigenvalue weighted by Crippen LogP contribution is -2.49. The Bertz CT molecular complexity index is 184. The molecule has 1 fully saturated rings. The molecular formula is C7H11NO3. The summed E-state index contributed by atoms with van der Waals surface area (Å²) in [5.74, 6) is -0.449. The summed E-state index contributed by atoms with van der Waals surface area (Å²) in [6, 6.07) is 0. The topological polar surface area (TPSA) is 49.8 Å². The average Bonchev–Trinajstić information content (AvgIpc) is 1.83. The van der Waals surface area contributed by atoms with E-state index < -0.39 is 5.97 Å². The lowest BCUT2D eigenvalue weighted by atomic mass is 10.0. The van der Waals surface area contributed by atoms with Crippen molar-refractivity contribution < 1.29 is 14.6 Å². The minimum Gasteiger partial charge on any atom is -0.483 e. The van der Waals surface area contributed by atoms with Gasteiger partial charge in [-0.2, -0.15) is 0 Å². The number of likely N-dealkylation sites (tertiary alicyclic amines) is 1. The maximum Gasteiger partial charge on any atom is 0.310 e. The molecular weight excluding hydrogens is 146 g/mol. The summed E-state index contributed by atoms with van der Waals surface area (Å²) in [5, 5.41) is 8.51. The Morgan fingerprint density at radius 3 is 2.64 bits per heavy atom. The Balaban J connectivity index is 2.29. The van der Waals surface area contributed by atoms with Crippen LogP contribution < -0.4 is 0 Å². The average molecular weight is 157 g/mol. The second-order valence-electron chi connectivity index (χ2n) is 2.54. The largest absolute Gasteiger partial charge is 0.483 e. The van der Waals surface area contributed by atoms with Gasteiger partial charge in [-0.1, -0.05) is 0 Å². The predicted molar refractivity (Wildman–Crippen MR) is 38.8 cm³/mol. The van der Waals surface area contributed by atoms with Crippen molar-refractivity contribution in [3.05, 3.63) is 12.5 Å². The van der Waals surface area contributed by atoms with Crippen molar-refractivity contribution >= 4 is 5.97 Å². The van der Waals surface area contributed by atoms with Gasteiger partial charge in [-0.25, -0.2) is 0 Å². The summed E-state index contributed by atoms with van der Waals surface area (Å²) in [6.07, 6.45) is 0. The van der Waals surface area contributed by atoms with Crippen molar-refractivity contribution in [1.82, 2.24) is 4.90 Å². The highest BCUT2D eigenvalue weighted by Gasteiger charge is 2.33. The molecule has 1 aliphatic heterocycles. The molecule has 0 unspecified atom stereocenters. The highest BCUT2D eigenvalue weighted by Crippen LogP contribution is 2.19. The van der Waals surface area contributed by atoms with Crippen LogP contribution in [0.2, 0.25) is 0 Å². The molecule has 4 nitrogen and oxygen atoms in total. The zero-order valence-electron chi connectivity index (χ0n) is 6.41. The Hall–Kier alpha value is -1.19. The fourth-order valence-electron chi connectivity index (χ4n) is 0.968. The highest BCUT2D eigenvalue weighted by molar-refractivity contribution is 5.71. The van der Waals surface area contributed by atoms with Crippen molar-refractivity contribution in [3.8, 4) is 0 Å². The van der Waals surface area contributed by atoms with Crippen LogP contribution in [-0.2, 0) is 9.53 Å². The molecule has 0 aromatic carbocycles. The molecule has 0 bridgehead atoms. The van der Waals surface area contributed by atoms with Crippen LogP contribution in [0.1, 0.15) is 0 Å². The van der Waals surface area contributed by atoms with Crippen LogP contribution in [0.4, 0.5) is 0 Å². The van der Waals surface area contributed by atoms with E-state index in [1.807, 2.05) is 0 Å². The minimum absolute atomic E-state index is 0.248. The van der Waals surface area contributed by atoms with E-state index in [4.69, 9.17) is 9.84 Å². The number of hydrogen-bond donors (Lipinski definition) is 1. The zero-order chi connectivity index (χ0) is 8.43. The van der Waals surface area contributed by atoms with Crippen LogP contribution in [0.25, 0.3) is 0 Å². The van der Waals surface area contributed by atoms with E-state index in [-0.39, 0.29) is 5.92 Å². The standard InChI is InChI=1S/C7H11NO3/c1-5(11-2)8-3-6(4-8)7(9)10/h6H,1,3-4H2,2H3,(H,9,10). The number of carboxylic acid groups (broad SMARTS) is 1. The van der Waals surface area contributed by atoms with Crippen LogP contribution in [0.5, 0.6) is 0 Å². The van der Waals surface area contributed by atoms with Gasteiger partial charge in [0.25, 0.3) is 0 Å². The maximum absolute atomic E-state index is 10.3. The summed E-state index contributed by atoms with van der Waals surface area (Å²) in [5.41, 5.74) is 0. The number of carboxylic acids is 1. The first-order chi connectivity index (χ1) is 5.15. The van der Waals surface area contributed by atoms with E-state index in [1.165, 1.54) is 7.11 Å². The van der Waals surface area contributed by atoms with Gasteiger partial charge in [0.1, 0.15) is 0 Å². The maximum atomic E-state index is 10.3. The van der Waals surface area contributed by atoms with Gasteiger partial charge in [0.2, 0.25) is 0 Å². The van der Waals surface area contributed by atoms with Gasteiger partial charge in [-0.3, -0.25) is 4.79 Å². The normalized spacial score (nSPS) is 17.4. The Labute approximate surface area is 65.1 Å². The first-order valence-corrected chi connectivity index (χ1v) is 3.35. The van der Waals surface area contributed by atoms with Crippen LogP contribution in [-0.4, -0.2) is 36.2 Å². The number of ether oxygens (including phenoxy) is 1. The smallest absolute Gasteiger partial charge is 0.310 e. The molecule has 0 aromatic rings. The van der Waals surface area contributed by atoms with Gasteiger partial charge in [0, 0.05) is 13.1 Å². The molecule has 1 rings (SSSR count). The third-order valence-corrected chi connectivity index (χ3v) is 1.82. The summed E-state index contributed by atoms with van der Waals surface area (Å²) in [4.78, 5) is 12.1. The molecule has 0 amide bonds. The van der Waals surface area contributed by atoms with E-state index in [1.54, 1.807) is 4.90 Å². The summed E-state index contributed by atoms with van der Waals surface area (Å²) < 4.78 is 4.82. The SMILES string of the molecule is C=C(OC)N1CC(C(=O)O)C1. The van der Waals surface area contributed by atoms with Crippen LogP contribution >= 0.6 is 0 Å². The quantitative estimate of drug-likeness (QED) is 0.591. The summed E-state index contributed by atoms with van der Waals surface area (Å²) in [7, 11) is 1.52. The lowest BCUT2D eigenvalue weighted by Gasteiger charge is -2.38. The van der Waals surface area contributed by atoms with Crippen molar-refractivity contribution in [3.63, 3.8) is 0 Å². The fraction of sp³-hybridized carbons (Fsp3) is 0.571. The first kappa shape index (κ1) is 7.91. The highest BCUT2D eigenvalue weighted by atomic mass is 16.5. The molecule has 62 valence electrons. The molecule has 0 aliphatic carbocycles. The van der Waals surface area contributed by atoms with Crippen molar-refractivity contribution in [1.29, 1.82) is 0 Å². The predicted octanol–water partition coefficient (Wildman–Crippen LogP) is 0.120. The minimum atomic E-state index is -0.745. The van der Waals surface area contributed by atoms with Gasteiger partial charge in [0.05, 0.1) is 13.0 Å². The first-order valence-electron chi connectivity index (χ1n) is 3.35. The Morgan fingerprint density at radius 1 is 1.73 bits per heavy atom. The van der Waals surface area contributed by atoms with Gasteiger partial charge < -0.3 is 14.7 Å². The molecule has 1 saturated heterocycles. The molecule has 4 heteroatoms. The van der Waals surface area contributed by atoms with Crippen LogP contribution in [0.3, 0.4) is 0 Å². The Morgan fingerprint density at radius 2 is 2.27 bits per heavy atom. The molecule has 0 radical (unpaired) electrons. The van der Waals surface area contributed by atoms with E-state index in [0.29, 0.717) is 19.0 Å². The molecule has 1 N–H and O–H groups in total. The number of rotatable bonds is 3. The van der Waals surface area contributed by atoms with Crippen molar-refractivity contribution in [2.75, 3.05) is 20.2 Å². The lowest BCUT2D eigenvalue weighted by molar-refractivity contribution is -0.147. The van der Waals surface area contributed by atoms with Gasteiger partial charge in [-0.05, 0) is 6.58 Å². The zero-order valence-corrected chi connectivity index (χ0v) is 6.41. The van der Waals surface area contributed by atoms with Crippen LogP contribution in [0, 0.1) is 5.92 Å². The van der Waals surface area contributed by atoms with Gasteiger partial charge in [0.15, 0.2) is 5.88 Å². The van der Waals surface area contributed by atoms with E-state index >= 15 is 0 Å². The van der Waals surface area contributed by atoms with Gasteiger partial charge >= 0.3 is 5.97 Å². The molecule has 0 saturated carbocycles. The fourth-order valence-corrected chi connectivity index (χ4v) is 0.968. The van der Waals surface area contributed by atoms with Crippen LogP contribution in [0.15, 0.2) is 12.5 Å².